The summed E-state index contributed by atoms with van der Waals surface area (Å²) in [7, 11) is 1.68. The molecule has 0 radical (unpaired) electrons. The van der Waals surface area contributed by atoms with Gasteiger partial charge in [0.25, 0.3) is 0 Å². The molecule has 2 heterocycles. The molecule has 1 amide bonds. The fourth-order valence-electron chi connectivity index (χ4n) is 3.28. The van der Waals surface area contributed by atoms with E-state index in [-0.39, 0.29) is 11.9 Å². The van der Waals surface area contributed by atoms with Crippen molar-refractivity contribution >= 4 is 11.6 Å². The van der Waals surface area contributed by atoms with Crippen LogP contribution in [0, 0.1) is 0 Å². The maximum absolute atomic E-state index is 12.5. The number of carbonyl (C=O) groups is 1. The molecule has 6 nitrogen and oxygen atoms in total. The largest absolute Gasteiger partial charge is 0.495 e. The number of methoxy groups -OCH3 is 1. The summed E-state index contributed by atoms with van der Waals surface area (Å²) in [6.45, 7) is 2.79. The second-order valence-corrected chi connectivity index (χ2v) is 6.35. The van der Waals surface area contributed by atoms with Gasteiger partial charge >= 0.3 is 0 Å². The number of para-hydroxylation sites is 2. The molecule has 3 rings (SSSR count). The van der Waals surface area contributed by atoms with Crippen LogP contribution in [0.3, 0.4) is 0 Å². The van der Waals surface area contributed by atoms with Gasteiger partial charge in [0.05, 0.1) is 18.3 Å². The molecule has 2 aliphatic rings. The van der Waals surface area contributed by atoms with Gasteiger partial charge in [-0.2, -0.15) is 0 Å². The molecule has 0 saturated carbocycles. The molecule has 3 N–H and O–H groups in total. The summed E-state index contributed by atoms with van der Waals surface area (Å²) in [4.78, 5) is 14.8. The molecule has 1 unspecified atom stereocenters. The highest BCUT2D eigenvalue weighted by molar-refractivity contribution is 5.86. The van der Waals surface area contributed by atoms with Crippen molar-refractivity contribution in [1.82, 2.24) is 5.32 Å². The van der Waals surface area contributed by atoms with Gasteiger partial charge in [-0.1, -0.05) is 12.1 Å². The molecule has 6 heteroatoms. The van der Waals surface area contributed by atoms with Crippen LogP contribution in [0.25, 0.3) is 0 Å². The Morgan fingerprint density at radius 2 is 2.13 bits per heavy atom. The quantitative estimate of drug-likeness (QED) is 0.862. The van der Waals surface area contributed by atoms with E-state index >= 15 is 0 Å². The Bertz CT molecular complexity index is 558. The number of hydrogen-bond acceptors (Lipinski definition) is 5. The van der Waals surface area contributed by atoms with Crippen LogP contribution in [0.1, 0.15) is 19.3 Å². The third-order valence-corrected chi connectivity index (χ3v) is 4.79. The molecule has 23 heavy (non-hydrogen) atoms. The zero-order chi connectivity index (χ0) is 16.3. The lowest BCUT2D eigenvalue weighted by molar-refractivity contribution is -0.130. The van der Waals surface area contributed by atoms with E-state index in [1.807, 2.05) is 24.3 Å². The maximum atomic E-state index is 12.5. The summed E-state index contributed by atoms with van der Waals surface area (Å²) in [5.41, 5.74) is 6.53. The molecule has 126 valence electrons. The summed E-state index contributed by atoms with van der Waals surface area (Å²) in [5, 5.41) is 3.12. The van der Waals surface area contributed by atoms with Gasteiger partial charge in [-0.3, -0.25) is 4.79 Å². The molecule has 2 saturated heterocycles. The number of nitrogens with one attached hydrogen (secondary N) is 1. The first kappa shape index (κ1) is 16.1. The number of carbonyl (C=O) groups excluding carboxylic acids is 1. The average molecular weight is 319 g/mol. The van der Waals surface area contributed by atoms with Crippen LogP contribution >= 0.6 is 0 Å². The predicted molar refractivity (Wildman–Crippen MR) is 88.7 cm³/mol. The second kappa shape index (κ2) is 6.76. The lowest BCUT2D eigenvalue weighted by atomic mass is 9.90. The van der Waals surface area contributed by atoms with Crippen LogP contribution in [-0.4, -0.2) is 50.9 Å². The van der Waals surface area contributed by atoms with Crippen molar-refractivity contribution in [3.8, 4) is 5.75 Å². The van der Waals surface area contributed by atoms with Crippen molar-refractivity contribution in [3.63, 3.8) is 0 Å². The van der Waals surface area contributed by atoms with Crippen molar-refractivity contribution in [3.05, 3.63) is 24.3 Å². The summed E-state index contributed by atoms with van der Waals surface area (Å²) in [6.07, 6.45) is 2.08. The van der Waals surface area contributed by atoms with Crippen molar-refractivity contribution in [1.29, 1.82) is 0 Å². The van der Waals surface area contributed by atoms with Crippen LogP contribution in [-0.2, 0) is 9.53 Å². The fraction of sp³-hybridized carbons (Fsp3) is 0.588. The minimum atomic E-state index is -0.782. The minimum absolute atomic E-state index is 0.0484. The van der Waals surface area contributed by atoms with Crippen LogP contribution < -0.4 is 20.7 Å². The number of anilines is 1. The highest BCUT2D eigenvalue weighted by atomic mass is 16.5. The van der Waals surface area contributed by atoms with E-state index in [1.165, 1.54) is 0 Å². The Kier molecular flexibility index (Phi) is 4.73. The van der Waals surface area contributed by atoms with E-state index in [4.69, 9.17) is 15.2 Å². The number of ether oxygens (including phenoxy) is 2. The Balaban J connectivity index is 1.60. The van der Waals surface area contributed by atoms with Gasteiger partial charge in [-0.25, -0.2) is 0 Å². The van der Waals surface area contributed by atoms with Crippen molar-refractivity contribution in [2.75, 3.05) is 38.3 Å². The first-order chi connectivity index (χ1) is 11.1. The third kappa shape index (κ3) is 3.43. The molecule has 1 aromatic carbocycles. The van der Waals surface area contributed by atoms with E-state index in [2.05, 4.69) is 10.2 Å². The molecule has 1 atom stereocenters. The molecule has 2 fully saturated rings. The highest BCUT2D eigenvalue weighted by Gasteiger charge is 2.38. The molecule has 0 bridgehead atoms. The molecule has 1 aromatic rings. The zero-order valence-corrected chi connectivity index (χ0v) is 13.6. The first-order valence-electron chi connectivity index (χ1n) is 8.18. The summed E-state index contributed by atoms with van der Waals surface area (Å²) >= 11 is 0. The van der Waals surface area contributed by atoms with Gasteiger partial charge in [0.15, 0.2) is 0 Å². The Morgan fingerprint density at radius 3 is 2.87 bits per heavy atom. The first-order valence-corrected chi connectivity index (χ1v) is 8.18. The maximum Gasteiger partial charge on any atom is 0.240 e. The van der Waals surface area contributed by atoms with Gasteiger partial charge in [-0.05, 0) is 31.4 Å². The normalized spacial score (nSPS) is 23.6. The molecule has 0 aromatic heterocycles. The van der Waals surface area contributed by atoms with Crippen LogP contribution in [0.5, 0.6) is 5.75 Å². The summed E-state index contributed by atoms with van der Waals surface area (Å²) in [6, 6.07) is 8.09. The smallest absolute Gasteiger partial charge is 0.240 e. The monoisotopic (exact) mass is 319 g/mol. The van der Waals surface area contributed by atoms with Gasteiger partial charge in [0.2, 0.25) is 5.91 Å². The Morgan fingerprint density at radius 1 is 1.39 bits per heavy atom. The number of nitrogens with two attached hydrogens (primary N) is 1. The zero-order valence-electron chi connectivity index (χ0n) is 13.6. The summed E-state index contributed by atoms with van der Waals surface area (Å²) in [5.74, 6) is 0.812. The van der Waals surface area contributed by atoms with E-state index in [9.17, 15) is 4.79 Å². The number of nitrogens with zero attached hydrogens (tertiary/aromatic N) is 1. The fourth-order valence-corrected chi connectivity index (χ4v) is 3.28. The molecular weight excluding hydrogens is 294 g/mol. The van der Waals surface area contributed by atoms with Crippen molar-refractivity contribution < 1.29 is 14.3 Å². The SMILES string of the molecule is COc1ccccc1N1CCC(NC(=O)C2(N)CCOCC2)C1. The third-order valence-electron chi connectivity index (χ3n) is 4.79. The lowest BCUT2D eigenvalue weighted by Gasteiger charge is -2.33. The van der Waals surface area contributed by atoms with E-state index in [0.29, 0.717) is 26.1 Å². The number of benzene rings is 1. The lowest BCUT2D eigenvalue weighted by Crippen LogP contribution is -2.59. The highest BCUT2D eigenvalue weighted by Crippen LogP contribution is 2.30. The van der Waals surface area contributed by atoms with Gasteiger partial charge in [-0.15, -0.1) is 0 Å². The van der Waals surface area contributed by atoms with Gasteiger partial charge < -0.3 is 25.4 Å². The van der Waals surface area contributed by atoms with Crippen molar-refractivity contribution in [2.45, 2.75) is 30.8 Å². The standard InChI is InChI=1S/C17H25N3O3/c1-22-15-5-3-2-4-14(15)20-9-6-13(12-20)19-16(21)17(18)7-10-23-11-8-17/h2-5,13H,6-12,18H2,1H3,(H,19,21). The van der Waals surface area contributed by atoms with Crippen LogP contribution in [0.2, 0.25) is 0 Å². The topological polar surface area (TPSA) is 76.8 Å². The van der Waals surface area contributed by atoms with Crippen LogP contribution in [0.4, 0.5) is 5.69 Å². The minimum Gasteiger partial charge on any atom is -0.495 e. The van der Waals surface area contributed by atoms with Crippen LogP contribution in [0.15, 0.2) is 24.3 Å². The Labute approximate surface area is 136 Å². The van der Waals surface area contributed by atoms with Crippen molar-refractivity contribution in [2.24, 2.45) is 5.73 Å². The van der Waals surface area contributed by atoms with E-state index in [0.717, 1.165) is 30.9 Å². The Hall–Kier alpha value is -1.79. The van der Waals surface area contributed by atoms with E-state index in [1.54, 1.807) is 7.11 Å². The summed E-state index contributed by atoms with van der Waals surface area (Å²) < 4.78 is 10.7. The number of rotatable bonds is 4. The van der Waals surface area contributed by atoms with Gasteiger partial charge in [0.1, 0.15) is 5.75 Å². The van der Waals surface area contributed by atoms with Gasteiger partial charge in [0, 0.05) is 32.3 Å². The van der Waals surface area contributed by atoms with E-state index < -0.39 is 5.54 Å². The molecule has 2 aliphatic heterocycles. The molecule has 0 aliphatic carbocycles. The molecule has 0 spiro atoms. The average Bonchev–Trinajstić information content (AvgIpc) is 3.04. The number of amides is 1. The number of hydrogen-bond donors (Lipinski definition) is 2. The predicted octanol–water partition coefficient (Wildman–Crippen LogP) is 0.898. The molecular formula is C17H25N3O3. The second-order valence-electron chi connectivity index (χ2n) is 6.35.